The lowest BCUT2D eigenvalue weighted by atomic mass is 9.93. The quantitative estimate of drug-likeness (QED) is 0.615. The van der Waals surface area contributed by atoms with E-state index in [4.69, 9.17) is 4.74 Å². The van der Waals surface area contributed by atoms with Gasteiger partial charge in [0.1, 0.15) is 5.60 Å². The van der Waals surface area contributed by atoms with E-state index < -0.39 is 5.60 Å². The largest absolute Gasteiger partial charge is 0.367 e. The number of hydrogen-bond donors (Lipinski definition) is 0. The van der Waals surface area contributed by atoms with Crippen molar-refractivity contribution in [3.05, 3.63) is 0 Å². The van der Waals surface area contributed by atoms with Gasteiger partial charge in [-0.2, -0.15) is 0 Å². The van der Waals surface area contributed by atoms with E-state index in [2.05, 4.69) is 6.92 Å². The Labute approximate surface area is 75.3 Å². The molecule has 0 amide bonds. The van der Waals surface area contributed by atoms with Crippen LogP contribution in [0.25, 0.3) is 0 Å². The molecule has 0 aliphatic heterocycles. The number of ether oxygens (including phenoxy) is 1. The van der Waals surface area contributed by atoms with E-state index in [1.807, 2.05) is 13.8 Å². The van der Waals surface area contributed by atoms with Gasteiger partial charge in [-0.1, -0.05) is 20.8 Å². The highest BCUT2D eigenvalue weighted by atomic mass is 16.5. The van der Waals surface area contributed by atoms with Crippen molar-refractivity contribution in [1.29, 1.82) is 0 Å². The highest BCUT2D eigenvalue weighted by Gasteiger charge is 2.31. The van der Waals surface area contributed by atoms with Gasteiger partial charge in [0, 0.05) is 6.61 Å². The average Bonchev–Trinajstić information content (AvgIpc) is 2.07. The van der Waals surface area contributed by atoms with Gasteiger partial charge in [0.15, 0.2) is 5.78 Å². The summed E-state index contributed by atoms with van der Waals surface area (Å²) in [7, 11) is 0. The first kappa shape index (κ1) is 11.6. The molecule has 2 heteroatoms. The van der Waals surface area contributed by atoms with Gasteiger partial charge in [-0.25, -0.2) is 0 Å². The SMILES string of the molecule is CCCOC(CC)(CC)C(C)=O. The van der Waals surface area contributed by atoms with Crippen molar-refractivity contribution in [1.82, 2.24) is 0 Å². The fourth-order valence-corrected chi connectivity index (χ4v) is 1.35. The second-order valence-electron chi connectivity index (χ2n) is 3.11. The molecule has 2 nitrogen and oxygen atoms in total. The molecule has 0 heterocycles. The standard InChI is InChI=1S/C10H20O2/c1-5-8-12-10(6-2,7-3)9(4)11/h5-8H2,1-4H3. The summed E-state index contributed by atoms with van der Waals surface area (Å²) < 4.78 is 5.59. The van der Waals surface area contributed by atoms with Gasteiger partial charge in [0.2, 0.25) is 0 Å². The molecule has 0 unspecified atom stereocenters. The first-order valence-corrected chi connectivity index (χ1v) is 4.78. The van der Waals surface area contributed by atoms with Gasteiger partial charge in [0.25, 0.3) is 0 Å². The number of hydrogen-bond acceptors (Lipinski definition) is 2. The molecule has 0 aromatic heterocycles. The smallest absolute Gasteiger partial charge is 0.161 e. The van der Waals surface area contributed by atoms with Gasteiger partial charge in [-0.15, -0.1) is 0 Å². The minimum absolute atomic E-state index is 0.154. The average molecular weight is 172 g/mol. The van der Waals surface area contributed by atoms with E-state index in [0.29, 0.717) is 6.61 Å². The zero-order valence-corrected chi connectivity index (χ0v) is 8.64. The van der Waals surface area contributed by atoms with Crippen molar-refractivity contribution in [2.45, 2.75) is 52.6 Å². The summed E-state index contributed by atoms with van der Waals surface area (Å²) in [4.78, 5) is 11.3. The molecule has 0 fully saturated rings. The molecule has 12 heavy (non-hydrogen) atoms. The van der Waals surface area contributed by atoms with Crippen molar-refractivity contribution >= 4 is 5.78 Å². The third kappa shape index (κ3) is 2.59. The molecule has 0 spiro atoms. The first-order valence-electron chi connectivity index (χ1n) is 4.78. The molecule has 0 atom stereocenters. The fourth-order valence-electron chi connectivity index (χ4n) is 1.35. The molecule has 0 aliphatic carbocycles. The van der Waals surface area contributed by atoms with Crippen molar-refractivity contribution in [3.63, 3.8) is 0 Å². The van der Waals surface area contributed by atoms with Crippen molar-refractivity contribution in [2.75, 3.05) is 6.61 Å². The zero-order chi connectivity index (χ0) is 9.61. The van der Waals surface area contributed by atoms with Crippen LogP contribution in [0.4, 0.5) is 0 Å². The second kappa shape index (κ2) is 5.31. The van der Waals surface area contributed by atoms with Crippen LogP contribution in [0.1, 0.15) is 47.0 Å². The summed E-state index contributed by atoms with van der Waals surface area (Å²) >= 11 is 0. The Morgan fingerprint density at radius 3 is 2.00 bits per heavy atom. The molecule has 0 aliphatic rings. The molecule has 0 bridgehead atoms. The van der Waals surface area contributed by atoms with Gasteiger partial charge >= 0.3 is 0 Å². The van der Waals surface area contributed by atoms with E-state index >= 15 is 0 Å². The maximum Gasteiger partial charge on any atom is 0.161 e. The molecule has 0 saturated carbocycles. The lowest BCUT2D eigenvalue weighted by Crippen LogP contribution is -2.39. The first-order chi connectivity index (χ1) is 5.63. The van der Waals surface area contributed by atoms with Crippen LogP contribution in [0, 0.1) is 0 Å². The maximum atomic E-state index is 11.3. The van der Waals surface area contributed by atoms with Crippen molar-refractivity contribution < 1.29 is 9.53 Å². The Morgan fingerprint density at radius 2 is 1.75 bits per heavy atom. The van der Waals surface area contributed by atoms with Crippen LogP contribution in [0.15, 0.2) is 0 Å². The topological polar surface area (TPSA) is 26.3 Å². The highest BCUT2D eigenvalue weighted by molar-refractivity contribution is 5.84. The van der Waals surface area contributed by atoms with Gasteiger partial charge in [0.05, 0.1) is 0 Å². The van der Waals surface area contributed by atoms with Crippen LogP contribution in [-0.4, -0.2) is 18.0 Å². The van der Waals surface area contributed by atoms with E-state index in [9.17, 15) is 4.79 Å². The molecule has 0 radical (unpaired) electrons. The minimum atomic E-state index is -0.504. The van der Waals surface area contributed by atoms with Crippen LogP contribution in [0.3, 0.4) is 0 Å². The Hall–Kier alpha value is -0.370. The number of carbonyl (C=O) groups excluding carboxylic acids is 1. The lowest BCUT2D eigenvalue weighted by molar-refractivity contribution is -0.143. The molecule has 0 rings (SSSR count). The molecular weight excluding hydrogens is 152 g/mol. The normalized spacial score (nSPS) is 11.7. The molecule has 0 saturated heterocycles. The van der Waals surface area contributed by atoms with Crippen LogP contribution in [0.2, 0.25) is 0 Å². The second-order valence-corrected chi connectivity index (χ2v) is 3.11. The van der Waals surface area contributed by atoms with Crippen molar-refractivity contribution in [2.24, 2.45) is 0 Å². The summed E-state index contributed by atoms with van der Waals surface area (Å²) in [6.45, 7) is 8.35. The number of rotatable bonds is 6. The van der Waals surface area contributed by atoms with Crippen LogP contribution in [0.5, 0.6) is 0 Å². The highest BCUT2D eigenvalue weighted by Crippen LogP contribution is 2.21. The van der Waals surface area contributed by atoms with Crippen LogP contribution in [-0.2, 0) is 9.53 Å². The molecule has 0 aromatic carbocycles. The minimum Gasteiger partial charge on any atom is -0.367 e. The molecule has 0 N–H and O–H groups in total. The molecule has 0 aromatic rings. The summed E-state index contributed by atoms with van der Waals surface area (Å²) in [5.41, 5.74) is -0.504. The van der Waals surface area contributed by atoms with E-state index in [1.165, 1.54) is 0 Å². The Kier molecular flexibility index (Phi) is 5.14. The molecular formula is C10H20O2. The summed E-state index contributed by atoms with van der Waals surface area (Å²) in [6.07, 6.45) is 2.52. The van der Waals surface area contributed by atoms with Crippen LogP contribution >= 0.6 is 0 Å². The Bertz CT molecular complexity index is 137. The zero-order valence-electron chi connectivity index (χ0n) is 8.64. The summed E-state index contributed by atoms with van der Waals surface area (Å²) in [6, 6.07) is 0. The summed E-state index contributed by atoms with van der Waals surface area (Å²) in [5, 5.41) is 0. The van der Waals surface area contributed by atoms with Crippen molar-refractivity contribution in [3.8, 4) is 0 Å². The Morgan fingerprint density at radius 1 is 1.25 bits per heavy atom. The predicted molar refractivity (Wildman–Crippen MR) is 50.2 cm³/mol. The summed E-state index contributed by atoms with van der Waals surface area (Å²) in [5.74, 6) is 0.154. The fraction of sp³-hybridized carbons (Fsp3) is 0.900. The van der Waals surface area contributed by atoms with Gasteiger partial charge in [-0.05, 0) is 26.2 Å². The number of ketones is 1. The third-order valence-electron chi connectivity index (χ3n) is 2.37. The predicted octanol–water partition coefficient (Wildman–Crippen LogP) is 2.56. The third-order valence-corrected chi connectivity index (χ3v) is 2.37. The molecule has 72 valence electrons. The maximum absolute atomic E-state index is 11.3. The van der Waals surface area contributed by atoms with E-state index in [0.717, 1.165) is 19.3 Å². The van der Waals surface area contributed by atoms with E-state index in [1.54, 1.807) is 6.92 Å². The van der Waals surface area contributed by atoms with Gasteiger partial charge < -0.3 is 4.74 Å². The number of Topliss-reactive ketones (excluding diaryl/α,β-unsaturated/α-hetero) is 1. The van der Waals surface area contributed by atoms with Crippen LogP contribution < -0.4 is 0 Å². The van der Waals surface area contributed by atoms with E-state index in [-0.39, 0.29) is 5.78 Å². The monoisotopic (exact) mass is 172 g/mol. The van der Waals surface area contributed by atoms with Gasteiger partial charge in [-0.3, -0.25) is 4.79 Å². The number of carbonyl (C=O) groups is 1. The lowest BCUT2D eigenvalue weighted by Gasteiger charge is -2.28. The Balaban J connectivity index is 4.25.